The van der Waals surface area contributed by atoms with Gasteiger partial charge in [0.2, 0.25) is 0 Å². The predicted octanol–water partition coefficient (Wildman–Crippen LogP) is 3.50. The first-order chi connectivity index (χ1) is 6.02. The molecule has 0 saturated heterocycles. The van der Waals surface area contributed by atoms with E-state index < -0.39 is 0 Å². The van der Waals surface area contributed by atoms with Crippen molar-refractivity contribution >= 4 is 11.8 Å². The highest BCUT2D eigenvalue weighted by molar-refractivity contribution is 7.98. The molecule has 0 aliphatic carbocycles. The Morgan fingerprint density at radius 2 is 1.62 bits per heavy atom. The minimum absolute atomic E-state index is 0.338. The summed E-state index contributed by atoms with van der Waals surface area (Å²) in [6.45, 7) is 15.4. The standard InChI is InChI=1S/C9H21NS.C2H6/c1-6-10(7-8-11-5)9(2,3)4;1-2/h6-8H2,1-5H3;1-2H3. The van der Waals surface area contributed by atoms with Crippen molar-refractivity contribution in [3.63, 3.8) is 0 Å². The summed E-state index contributed by atoms with van der Waals surface area (Å²) in [5.41, 5.74) is 0.338. The number of hydrogen-bond acceptors (Lipinski definition) is 2. The number of hydrogen-bond donors (Lipinski definition) is 0. The van der Waals surface area contributed by atoms with E-state index in [1.165, 1.54) is 12.3 Å². The maximum Gasteiger partial charge on any atom is 0.0125 e. The van der Waals surface area contributed by atoms with Gasteiger partial charge in [-0.05, 0) is 33.6 Å². The van der Waals surface area contributed by atoms with Crippen LogP contribution in [0.3, 0.4) is 0 Å². The summed E-state index contributed by atoms with van der Waals surface area (Å²) < 4.78 is 0. The molecule has 0 heterocycles. The molecular weight excluding hydrogens is 178 g/mol. The molecule has 0 aromatic heterocycles. The minimum atomic E-state index is 0.338. The molecule has 0 atom stereocenters. The SMILES string of the molecule is CC.CCN(CCSC)C(C)(C)C. The van der Waals surface area contributed by atoms with Crippen LogP contribution in [-0.4, -0.2) is 35.5 Å². The molecule has 0 radical (unpaired) electrons. The predicted molar refractivity (Wildman–Crippen MR) is 66.7 cm³/mol. The second kappa shape index (κ2) is 8.89. The molecule has 2 heteroatoms. The Labute approximate surface area is 89.3 Å². The van der Waals surface area contributed by atoms with E-state index in [0.717, 1.165) is 6.54 Å². The molecule has 0 aromatic rings. The smallest absolute Gasteiger partial charge is 0.0125 e. The van der Waals surface area contributed by atoms with Crippen LogP contribution in [0.2, 0.25) is 0 Å². The van der Waals surface area contributed by atoms with Gasteiger partial charge in [-0.1, -0.05) is 20.8 Å². The molecule has 0 N–H and O–H groups in total. The van der Waals surface area contributed by atoms with Crippen LogP contribution in [0.25, 0.3) is 0 Å². The van der Waals surface area contributed by atoms with Crippen LogP contribution in [0.5, 0.6) is 0 Å². The van der Waals surface area contributed by atoms with Crippen molar-refractivity contribution in [2.45, 2.75) is 47.1 Å². The van der Waals surface area contributed by atoms with Gasteiger partial charge in [0, 0.05) is 17.8 Å². The quantitative estimate of drug-likeness (QED) is 0.691. The lowest BCUT2D eigenvalue weighted by atomic mass is 10.1. The van der Waals surface area contributed by atoms with Gasteiger partial charge in [-0.25, -0.2) is 0 Å². The van der Waals surface area contributed by atoms with Crippen molar-refractivity contribution in [1.82, 2.24) is 4.90 Å². The highest BCUT2D eigenvalue weighted by atomic mass is 32.2. The van der Waals surface area contributed by atoms with Crippen LogP contribution in [0.4, 0.5) is 0 Å². The zero-order chi connectivity index (χ0) is 10.9. The molecule has 0 fully saturated rings. The van der Waals surface area contributed by atoms with Gasteiger partial charge in [-0.3, -0.25) is 4.90 Å². The van der Waals surface area contributed by atoms with Crippen molar-refractivity contribution < 1.29 is 0 Å². The Morgan fingerprint density at radius 3 is 1.85 bits per heavy atom. The Morgan fingerprint density at radius 1 is 1.15 bits per heavy atom. The van der Waals surface area contributed by atoms with Gasteiger partial charge >= 0.3 is 0 Å². The molecule has 0 aromatic carbocycles. The summed E-state index contributed by atoms with van der Waals surface area (Å²) >= 11 is 1.92. The van der Waals surface area contributed by atoms with E-state index in [0.29, 0.717) is 5.54 Å². The largest absolute Gasteiger partial charge is 0.298 e. The van der Waals surface area contributed by atoms with Crippen LogP contribution in [-0.2, 0) is 0 Å². The summed E-state index contributed by atoms with van der Waals surface area (Å²) in [6, 6.07) is 0. The van der Waals surface area contributed by atoms with Crippen molar-refractivity contribution in [2.24, 2.45) is 0 Å². The number of nitrogens with zero attached hydrogens (tertiary/aromatic N) is 1. The molecule has 82 valence electrons. The van der Waals surface area contributed by atoms with E-state index in [1.54, 1.807) is 0 Å². The number of rotatable bonds is 4. The first-order valence-electron chi connectivity index (χ1n) is 5.26. The van der Waals surface area contributed by atoms with Gasteiger partial charge in [0.1, 0.15) is 0 Å². The fourth-order valence-corrected chi connectivity index (χ4v) is 1.57. The van der Waals surface area contributed by atoms with Crippen molar-refractivity contribution in [1.29, 1.82) is 0 Å². The molecule has 0 spiro atoms. The van der Waals surface area contributed by atoms with E-state index in [-0.39, 0.29) is 0 Å². The Hall–Kier alpha value is 0.310. The molecule has 13 heavy (non-hydrogen) atoms. The van der Waals surface area contributed by atoms with E-state index in [4.69, 9.17) is 0 Å². The third kappa shape index (κ3) is 8.63. The Bertz CT molecular complexity index is 96.8. The van der Waals surface area contributed by atoms with Gasteiger partial charge in [-0.2, -0.15) is 11.8 Å². The second-order valence-electron chi connectivity index (χ2n) is 3.74. The monoisotopic (exact) mass is 205 g/mol. The van der Waals surface area contributed by atoms with E-state index >= 15 is 0 Å². The second-order valence-corrected chi connectivity index (χ2v) is 4.73. The summed E-state index contributed by atoms with van der Waals surface area (Å²) in [5.74, 6) is 1.24. The van der Waals surface area contributed by atoms with Crippen molar-refractivity contribution in [2.75, 3.05) is 25.1 Å². The lowest BCUT2D eigenvalue weighted by Crippen LogP contribution is -2.42. The molecule has 0 rings (SSSR count). The lowest BCUT2D eigenvalue weighted by Gasteiger charge is -2.34. The van der Waals surface area contributed by atoms with E-state index in [1.807, 2.05) is 25.6 Å². The fraction of sp³-hybridized carbons (Fsp3) is 1.00. The lowest BCUT2D eigenvalue weighted by molar-refractivity contribution is 0.155. The van der Waals surface area contributed by atoms with Crippen LogP contribution in [0, 0.1) is 0 Å². The average Bonchev–Trinajstić information content (AvgIpc) is 2.07. The van der Waals surface area contributed by atoms with Gasteiger partial charge in [0.05, 0.1) is 0 Å². The summed E-state index contributed by atoms with van der Waals surface area (Å²) in [7, 11) is 0. The Balaban J connectivity index is 0. The fourth-order valence-electron chi connectivity index (χ4n) is 1.17. The first kappa shape index (κ1) is 15.8. The molecule has 0 unspecified atom stereocenters. The van der Waals surface area contributed by atoms with Gasteiger partial charge < -0.3 is 0 Å². The van der Waals surface area contributed by atoms with Gasteiger partial charge in [-0.15, -0.1) is 0 Å². The van der Waals surface area contributed by atoms with Crippen LogP contribution >= 0.6 is 11.8 Å². The van der Waals surface area contributed by atoms with Crippen LogP contribution in [0.15, 0.2) is 0 Å². The molecule has 1 nitrogen and oxygen atoms in total. The molecule has 0 aliphatic rings. The zero-order valence-electron chi connectivity index (χ0n) is 10.5. The third-order valence-corrected chi connectivity index (χ3v) is 2.49. The highest BCUT2D eigenvalue weighted by Crippen LogP contribution is 2.12. The Kier molecular flexibility index (Phi) is 10.8. The zero-order valence-corrected chi connectivity index (χ0v) is 11.3. The summed E-state index contributed by atoms with van der Waals surface area (Å²) in [5, 5.41) is 0. The summed E-state index contributed by atoms with van der Waals surface area (Å²) in [4.78, 5) is 2.50. The van der Waals surface area contributed by atoms with Gasteiger partial charge in [0.25, 0.3) is 0 Å². The normalized spacial score (nSPS) is 11.1. The maximum absolute atomic E-state index is 2.50. The van der Waals surface area contributed by atoms with E-state index in [9.17, 15) is 0 Å². The van der Waals surface area contributed by atoms with Crippen molar-refractivity contribution in [3.05, 3.63) is 0 Å². The van der Waals surface area contributed by atoms with Crippen molar-refractivity contribution in [3.8, 4) is 0 Å². The van der Waals surface area contributed by atoms with Crippen LogP contribution in [0.1, 0.15) is 41.5 Å². The minimum Gasteiger partial charge on any atom is -0.298 e. The summed E-state index contributed by atoms with van der Waals surface area (Å²) in [6.07, 6.45) is 2.16. The van der Waals surface area contributed by atoms with Gasteiger partial charge in [0.15, 0.2) is 0 Å². The van der Waals surface area contributed by atoms with Crippen LogP contribution < -0.4 is 0 Å². The highest BCUT2D eigenvalue weighted by Gasteiger charge is 2.18. The topological polar surface area (TPSA) is 3.24 Å². The molecule has 0 saturated carbocycles. The number of thioether (sulfide) groups is 1. The average molecular weight is 205 g/mol. The van der Waals surface area contributed by atoms with E-state index in [2.05, 4.69) is 38.9 Å². The maximum atomic E-state index is 2.50. The first-order valence-corrected chi connectivity index (χ1v) is 6.65. The molecule has 0 amide bonds. The third-order valence-electron chi connectivity index (χ3n) is 1.90. The molecule has 0 aliphatic heterocycles. The molecule has 0 bridgehead atoms. The molecular formula is C11H27NS.